The highest BCUT2D eigenvalue weighted by Gasteiger charge is 2.21. The van der Waals surface area contributed by atoms with Gasteiger partial charge in [-0.3, -0.25) is 14.8 Å². The van der Waals surface area contributed by atoms with Gasteiger partial charge in [-0.05, 0) is 6.07 Å². The molecule has 0 radical (unpaired) electrons. The molecule has 9 nitrogen and oxygen atoms in total. The quantitative estimate of drug-likeness (QED) is 0.484. The van der Waals surface area contributed by atoms with Gasteiger partial charge in [-0.15, -0.1) is 5.10 Å². The van der Waals surface area contributed by atoms with E-state index in [2.05, 4.69) is 14.3 Å². The number of sulfonamides is 1. The van der Waals surface area contributed by atoms with Crippen LogP contribution in [0.15, 0.2) is 29.3 Å². The zero-order valence-corrected chi connectivity index (χ0v) is 10.8. The second-order valence-electron chi connectivity index (χ2n) is 3.37. The van der Waals surface area contributed by atoms with Crippen LogP contribution >= 0.6 is 11.5 Å². The van der Waals surface area contributed by atoms with Crippen LogP contribution in [0.1, 0.15) is 0 Å². The Morgan fingerprint density at radius 3 is 2.74 bits per heavy atom. The van der Waals surface area contributed by atoms with Gasteiger partial charge < -0.3 is 5.73 Å². The molecule has 0 saturated heterocycles. The number of nitrogens with zero attached hydrogens (tertiary/aromatic N) is 3. The normalized spacial score (nSPS) is 11.2. The predicted molar refractivity (Wildman–Crippen MR) is 68.2 cm³/mol. The number of non-ortho nitro benzene ring substituents is 1. The van der Waals surface area contributed by atoms with Gasteiger partial charge in [0.05, 0.1) is 16.8 Å². The minimum atomic E-state index is -4.02. The van der Waals surface area contributed by atoms with Crippen molar-refractivity contribution in [1.82, 2.24) is 9.59 Å². The summed E-state index contributed by atoms with van der Waals surface area (Å²) in [4.78, 5) is 9.57. The minimum absolute atomic E-state index is 0.0874. The van der Waals surface area contributed by atoms with E-state index in [1.54, 1.807) is 0 Å². The van der Waals surface area contributed by atoms with Crippen molar-refractivity contribution < 1.29 is 13.3 Å². The maximum atomic E-state index is 12.0. The van der Waals surface area contributed by atoms with Crippen LogP contribution in [0.4, 0.5) is 16.4 Å². The van der Waals surface area contributed by atoms with Crippen molar-refractivity contribution in [3.63, 3.8) is 0 Å². The van der Waals surface area contributed by atoms with Crippen LogP contribution in [-0.4, -0.2) is 22.9 Å². The maximum absolute atomic E-state index is 12.0. The first-order valence-corrected chi connectivity index (χ1v) is 7.00. The Morgan fingerprint density at radius 2 is 2.16 bits per heavy atom. The fraction of sp³-hybridized carbons (Fsp3) is 0. The molecule has 0 bridgehead atoms. The standard InChI is InChI=1S/C8H7N5O4S2/c9-6-2-1-5(13(14)15)3-7(6)19(16,17)11-8-4-10-12-18-8/h1-4,11H,9H2. The maximum Gasteiger partial charge on any atom is 0.270 e. The molecule has 1 aromatic heterocycles. The van der Waals surface area contributed by atoms with E-state index in [1.165, 1.54) is 6.20 Å². The van der Waals surface area contributed by atoms with E-state index in [9.17, 15) is 18.5 Å². The number of nitro benzene ring substituents is 1. The lowest BCUT2D eigenvalue weighted by molar-refractivity contribution is -0.385. The number of nitrogens with one attached hydrogen (secondary N) is 1. The highest BCUT2D eigenvalue weighted by Crippen LogP contribution is 2.26. The smallest absolute Gasteiger partial charge is 0.270 e. The number of hydrogen-bond donors (Lipinski definition) is 2. The monoisotopic (exact) mass is 301 g/mol. The highest BCUT2D eigenvalue weighted by atomic mass is 32.2. The van der Waals surface area contributed by atoms with Crippen LogP contribution < -0.4 is 10.5 Å². The van der Waals surface area contributed by atoms with E-state index in [0.717, 1.165) is 29.7 Å². The zero-order valence-electron chi connectivity index (χ0n) is 9.18. The van der Waals surface area contributed by atoms with Gasteiger partial charge in [0.25, 0.3) is 15.7 Å². The Labute approximate surface area is 111 Å². The lowest BCUT2D eigenvalue weighted by Gasteiger charge is -2.07. The van der Waals surface area contributed by atoms with Gasteiger partial charge in [0.2, 0.25) is 0 Å². The molecule has 0 saturated carbocycles. The number of anilines is 2. The molecule has 0 unspecified atom stereocenters. The molecule has 0 spiro atoms. The number of rotatable bonds is 4. The fourth-order valence-corrected chi connectivity index (χ4v) is 3.11. The molecular weight excluding hydrogens is 294 g/mol. The van der Waals surface area contributed by atoms with Crippen molar-refractivity contribution in [1.29, 1.82) is 0 Å². The summed E-state index contributed by atoms with van der Waals surface area (Å²) in [7, 11) is -4.02. The Kier molecular flexibility index (Phi) is 3.31. The molecule has 2 aromatic rings. The van der Waals surface area contributed by atoms with Crippen LogP contribution in [0.25, 0.3) is 0 Å². The van der Waals surface area contributed by atoms with Crippen molar-refractivity contribution in [3.05, 3.63) is 34.5 Å². The zero-order chi connectivity index (χ0) is 14.0. The van der Waals surface area contributed by atoms with Crippen LogP contribution in [-0.2, 0) is 10.0 Å². The summed E-state index contributed by atoms with van der Waals surface area (Å²) < 4.78 is 29.7. The van der Waals surface area contributed by atoms with Crippen molar-refractivity contribution in [3.8, 4) is 0 Å². The SMILES string of the molecule is Nc1ccc([N+](=O)[O-])cc1S(=O)(=O)Nc1cnns1. The van der Waals surface area contributed by atoms with Crippen LogP contribution in [0.5, 0.6) is 0 Å². The van der Waals surface area contributed by atoms with Gasteiger partial charge in [-0.25, -0.2) is 8.42 Å². The summed E-state index contributed by atoms with van der Waals surface area (Å²) in [5, 5.41) is 14.3. The summed E-state index contributed by atoms with van der Waals surface area (Å²) >= 11 is 0.835. The minimum Gasteiger partial charge on any atom is -0.398 e. The fourth-order valence-electron chi connectivity index (χ4n) is 1.27. The Hall–Kier alpha value is -2.27. The van der Waals surface area contributed by atoms with E-state index in [-0.39, 0.29) is 21.3 Å². The number of nitrogens with two attached hydrogens (primary N) is 1. The van der Waals surface area contributed by atoms with Crippen LogP contribution in [0.2, 0.25) is 0 Å². The molecule has 1 aromatic carbocycles. The van der Waals surface area contributed by atoms with Gasteiger partial charge in [0.1, 0.15) is 9.90 Å². The molecule has 2 rings (SSSR count). The summed E-state index contributed by atoms with van der Waals surface area (Å²) in [6.07, 6.45) is 1.22. The topological polar surface area (TPSA) is 141 Å². The summed E-state index contributed by atoms with van der Waals surface area (Å²) in [5.41, 5.74) is 5.08. The van der Waals surface area contributed by atoms with E-state index in [0.29, 0.717) is 0 Å². The molecule has 3 N–H and O–H groups in total. The van der Waals surface area contributed by atoms with Crippen molar-refractivity contribution in [2.45, 2.75) is 4.90 Å². The third-order valence-corrected chi connectivity index (χ3v) is 4.22. The molecule has 0 amide bonds. The van der Waals surface area contributed by atoms with Crippen molar-refractivity contribution in [2.24, 2.45) is 0 Å². The largest absolute Gasteiger partial charge is 0.398 e. The molecule has 0 aliphatic rings. The average Bonchev–Trinajstić information content (AvgIpc) is 2.81. The van der Waals surface area contributed by atoms with E-state index >= 15 is 0 Å². The molecule has 0 aliphatic carbocycles. The summed E-state index contributed by atoms with van der Waals surface area (Å²) in [5.74, 6) is 0. The third-order valence-electron chi connectivity index (χ3n) is 2.09. The van der Waals surface area contributed by atoms with E-state index in [4.69, 9.17) is 5.73 Å². The van der Waals surface area contributed by atoms with Crippen molar-refractivity contribution in [2.75, 3.05) is 10.5 Å². The van der Waals surface area contributed by atoms with Crippen molar-refractivity contribution >= 4 is 37.9 Å². The number of hydrogen-bond acceptors (Lipinski definition) is 8. The molecule has 11 heteroatoms. The first-order valence-electron chi connectivity index (χ1n) is 4.74. The second-order valence-corrected chi connectivity index (χ2v) is 5.80. The molecule has 100 valence electrons. The van der Waals surface area contributed by atoms with Gasteiger partial charge in [-0.1, -0.05) is 4.49 Å². The number of benzene rings is 1. The Balaban J connectivity index is 2.45. The lowest BCUT2D eigenvalue weighted by atomic mass is 10.3. The number of nitrogen functional groups attached to an aromatic ring is 1. The first-order chi connectivity index (χ1) is 8.90. The van der Waals surface area contributed by atoms with Gasteiger partial charge in [-0.2, -0.15) is 0 Å². The predicted octanol–water partition coefficient (Wildman–Crippen LogP) is 0.829. The van der Waals surface area contributed by atoms with Crippen LogP contribution in [0.3, 0.4) is 0 Å². The summed E-state index contributed by atoms with van der Waals surface area (Å²) in [6.45, 7) is 0. The molecule has 0 atom stereocenters. The number of nitro groups is 1. The average molecular weight is 301 g/mol. The lowest BCUT2D eigenvalue weighted by Crippen LogP contribution is -2.14. The van der Waals surface area contributed by atoms with Gasteiger partial charge >= 0.3 is 0 Å². The van der Waals surface area contributed by atoms with Crippen LogP contribution in [0, 0.1) is 10.1 Å². The molecule has 0 aliphatic heterocycles. The first kappa shape index (κ1) is 13.2. The van der Waals surface area contributed by atoms with E-state index < -0.39 is 14.9 Å². The summed E-state index contributed by atoms with van der Waals surface area (Å²) in [6, 6.07) is 3.19. The van der Waals surface area contributed by atoms with Gasteiger partial charge in [0.15, 0.2) is 0 Å². The van der Waals surface area contributed by atoms with Gasteiger partial charge in [0, 0.05) is 23.7 Å². The molecule has 19 heavy (non-hydrogen) atoms. The second kappa shape index (κ2) is 4.78. The molecular formula is C8H7N5O4S2. The highest BCUT2D eigenvalue weighted by molar-refractivity contribution is 7.93. The Morgan fingerprint density at radius 1 is 1.42 bits per heavy atom. The third kappa shape index (κ3) is 2.77. The number of aromatic nitrogens is 2. The van der Waals surface area contributed by atoms with E-state index in [1.807, 2.05) is 0 Å². The molecule has 0 fully saturated rings. The molecule has 1 heterocycles. The Bertz CT molecular complexity index is 713.